The van der Waals surface area contributed by atoms with Crippen LogP contribution in [0.4, 0.5) is 5.69 Å². The van der Waals surface area contributed by atoms with Gasteiger partial charge in [0.25, 0.3) is 0 Å². The van der Waals surface area contributed by atoms with Crippen LogP contribution in [0.15, 0.2) is 71.9 Å². The third-order valence-corrected chi connectivity index (χ3v) is 6.18. The zero-order valence-electron chi connectivity index (χ0n) is 17.5. The standard InChI is InChI=1S/C24H20Cl2N4OS/c1-15-11-16(2)13-18(12-15)27-22(31)14-32-24-29-28-23(20-5-3-4-6-21(20)26)30(24)19-9-7-17(25)8-10-19/h3-13H,14H2,1-2H3,(H,27,31). The summed E-state index contributed by atoms with van der Waals surface area (Å²) in [6, 6.07) is 20.8. The fourth-order valence-corrected chi connectivity index (χ4v) is 4.48. The Kier molecular flexibility index (Phi) is 6.84. The van der Waals surface area contributed by atoms with E-state index in [2.05, 4.69) is 21.6 Å². The molecular formula is C24H20Cl2N4OS. The highest BCUT2D eigenvalue weighted by atomic mass is 35.5. The summed E-state index contributed by atoms with van der Waals surface area (Å²) in [5, 5.41) is 13.4. The third-order valence-electron chi connectivity index (χ3n) is 4.67. The first-order valence-electron chi connectivity index (χ1n) is 9.88. The number of aromatic nitrogens is 3. The number of hydrogen-bond donors (Lipinski definition) is 1. The summed E-state index contributed by atoms with van der Waals surface area (Å²) in [5.74, 6) is 0.654. The highest BCUT2D eigenvalue weighted by Crippen LogP contribution is 2.32. The molecule has 32 heavy (non-hydrogen) atoms. The minimum atomic E-state index is -0.120. The Hall–Kier alpha value is -2.80. The van der Waals surface area contributed by atoms with Crippen LogP contribution < -0.4 is 5.32 Å². The molecular weight excluding hydrogens is 463 g/mol. The molecule has 0 aliphatic heterocycles. The van der Waals surface area contributed by atoms with Gasteiger partial charge in [-0.3, -0.25) is 9.36 Å². The Morgan fingerprint density at radius 1 is 0.969 bits per heavy atom. The van der Waals surface area contributed by atoms with Gasteiger partial charge in [0.1, 0.15) is 0 Å². The lowest BCUT2D eigenvalue weighted by molar-refractivity contribution is -0.113. The molecule has 0 aliphatic rings. The Morgan fingerprint density at radius 2 is 1.66 bits per heavy atom. The largest absolute Gasteiger partial charge is 0.325 e. The first-order chi connectivity index (χ1) is 15.4. The molecule has 8 heteroatoms. The Balaban J connectivity index is 1.61. The number of nitrogens with zero attached hydrogens (tertiary/aromatic N) is 3. The van der Waals surface area contributed by atoms with Crippen molar-refractivity contribution in [3.05, 3.63) is 87.9 Å². The lowest BCUT2D eigenvalue weighted by atomic mass is 10.1. The van der Waals surface area contributed by atoms with Crippen LogP contribution in [0.2, 0.25) is 10.0 Å². The highest BCUT2D eigenvalue weighted by molar-refractivity contribution is 7.99. The van der Waals surface area contributed by atoms with Crippen molar-refractivity contribution in [2.45, 2.75) is 19.0 Å². The zero-order chi connectivity index (χ0) is 22.7. The fourth-order valence-electron chi connectivity index (χ4n) is 3.38. The molecule has 5 nitrogen and oxygen atoms in total. The number of amides is 1. The van der Waals surface area contributed by atoms with Crippen molar-refractivity contribution in [2.24, 2.45) is 0 Å². The van der Waals surface area contributed by atoms with Gasteiger partial charge in [-0.05, 0) is 73.5 Å². The molecule has 0 saturated carbocycles. The van der Waals surface area contributed by atoms with Crippen LogP contribution in [0.25, 0.3) is 17.1 Å². The molecule has 4 rings (SSSR count). The van der Waals surface area contributed by atoms with Gasteiger partial charge >= 0.3 is 0 Å². The summed E-state index contributed by atoms with van der Waals surface area (Å²) in [6.45, 7) is 4.00. The Morgan fingerprint density at radius 3 is 2.34 bits per heavy atom. The molecule has 0 fully saturated rings. The summed E-state index contributed by atoms with van der Waals surface area (Å²) in [4.78, 5) is 12.6. The van der Waals surface area contributed by atoms with Gasteiger partial charge in [0, 0.05) is 22.0 Å². The summed E-state index contributed by atoms with van der Waals surface area (Å²) in [5.41, 5.74) is 4.55. The van der Waals surface area contributed by atoms with Crippen molar-refractivity contribution >= 4 is 46.6 Å². The maximum absolute atomic E-state index is 12.6. The number of nitrogens with one attached hydrogen (secondary N) is 1. The van der Waals surface area contributed by atoms with Gasteiger partial charge in [-0.25, -0.2) is 0 Å². The van der Waals surface area contributed by atoms with Gasteiger partial charge in [0.15, 0.2) is 11.0 Å². The number of benzene rings is 3. The molecule has 0 atom stereocenters. The quantitative estimate of drug-likeness (QED) is 0.315. The highest BCUT2D eigenvalue weighted by Gasteiger charge is 2.19. The molecule has 1 amide bonds. The number of carbonyl (C=O) groups excluding carboxylic acids is 1. The topological polar surface area (TPSA) is 59.8 Å². The molecule has 0 spiro atoms. The maximum atomic E-state index is 12.6. The number of anilines is 1. The van der Waals surface area contributed by atoms with E-state index in [1.54, 1.807) is 12.1 Å². The first-order valence-corrected chi connectivity index (χ1v) is 11.6. The van der Waals surface area contributed by atoms with E-state index in [4.69, 9.17) is 23.2 Å². The minimum absolute atomic E-state index is 0.120. The summed E-state index contributed by atoms with van der Waals surface area (Å²) in [6.07, 6.45) is 0. The van der Waals surface area contributed by atoms with Crippen LogP contribution >= 0.6 is 35.0 Å². The molecule has 162 valence electrons. The smallest absolute Gasteiger partial charge is 0.234 e. The van der Waals surface area contributed by atoms with E-state index in [0.717, 1.165) is 28.1 Å². The lowest BCUT2D eigenvalue weighted by Crippen LogP contribution is -2.14. The van der Waals surface area contributed by atoms with Crippen molar-refractivity contribution in [2.75, 3.05) is 11.1 Å². The van der Waals surface area contributed by atoms with Crippen LogP contribution in [0.5, 0.6) is 0 Å². The van der Waals surface area contributed by atoms with Gasteiger partial charge < -0.3 is 5.32 Å². The lowest BCUT2D eigenvalue weighted by Gasteiger charge is -2.12. The van der Waals surface area contributed by atoms with Gasteiger partial charge in [0.2, 0.25) is 5.91 Å². The van der Waals surface area contributed by atoms with Crippen LogP contribution in [0, 0.1) is 13.8 Å². The summed E-state index contributed by atoms with van der Waals surface area (Å²) < 4.78 is 1.88. The molecule has 0 radical (unpaired) electrons. The van der Waals surface area contributed by atoms with Crippen molar-refractivity contribution in [1.82, 2.24) is 14.8 Å². The van der Waals surface area contributed by atoms with Gasteiger partial charge in [-0.15, -0.1) is 10.2 Å². The number of hydrogen-bond acceptors (Lipinski definition) is 4. The second kappa shape index (κ2) is 9.77. The van der Waals surface area contributed by atoms with E-state index < -0.39 is 0 Å². The van der Waals surface area contributed by atoms with Gasteiger partial charge in [-0.2, -0.15) is 0 Å². The normalized spacial score (nSPS) is 10.9. The maximum Gasteiger partial charge on any atom is 0.234 e. The van der Waals surface area contributed by atoms with E-state index in [-0.39, 0.29) is 11.7 Å². The van der Waals surface area contributed by atoms with Crippen LogP contribution in [0.1, 0.15) is 11.1 Å². The summed E-state index contributed by atoms with van der Waals surface area (Å²) in [7, 11) is 0. The van der Waals surface area contributed by atoms with E-state index in [0.29, 0.717) is 21.0 Å². The predicted octanol–water partition coefficient (Wildman–Crippen LogP) is 6.59. The molecule has 0 saturated heterocycles. The molecule has 0 unspecified atom stereocenters. The average Bonchev–Trinajstić information content (AvgIpc) is 3.16. The first kappa shape index (κ1) is 22.4. The van der Waals surface area contributed by atoms with E-state index >= 15 is 0 Å². The second-order valence-corrected chi connectivity index (χ2v) is 9.10. The summed E-state index contributed by atoms with van der Waals surface area (Å²) >= 11 is 13.8. The molecule has 4 aromatic rings. The number of halogens is 2. The van der Waals surface area contributed by atoms with E-state index in [9.17, 15) is 4.79 Å². The van der Waals surface area contributed by atoms with Crippen LogP contribution in [-0.4, -0.2) is 26.4 Å². The number of carbonyl (C=O) groups is 1. The Labute approximate surface area is 200 Å². The van der Waals surface area contributed by atoms with Crippen molar-refractivity contribution in [1.29, 1.82) is 0 Å². The van der Waals surface area contributed by atoms with Gasteiger partial charge in [0.05, 0.1) is 10.8 Å². The number of rotatable bonds is 6. The fraction of sp³-hybridized carbons (Fsp3) is 0.125. The van der Waals surface area contributed by atoms with Crippen LogP contribution in [-0.2, 0) is 4.79 Å². The van der Waals surface area contributed by atoms with Gasteiger partial charge in [-0.1, -0.05) is 53.2 Å². The minimum Gasteiger partial charge on any atom is -0.325 e. The number of aryl methyl sites for hydroxylation is 2. The van der Waals surface area contributed by atoms with E-state index in [1.807, 2.05) is 66.9 Å². The van der Waals surface area contributed by atoms with E-state index in [1.165, 1.54) is 11.8 Å². The molecule has 1 aromatic heterocycles. The molecule has 0 aliphatic carbocycles. The van der Waals surface area contributed by atoms with Crippen LogP contribution in [0.3, 0.4) is 0 Å². The SMILES string of the molecule is Cc1cc(C)cc(NC(=O)CSc2nnc(-c3ccccc3Cl)n2-c2ccc(Cl)cc2)c1. The predicted molar refractivity (Wildman–Crippen MR) is 132 cm³/mol. The molecule has 1 N–H and O–H groups in total. The zero-order valence-corrected chi connectivity index (χ0v) is 19.8. The van der Waals surface area contributed by atoms with Crippen molar-refractivity contribution in [3.63, 3.8) is 0 Å². The Bertz CT molecular complexity index is 1250. The average molecular weight is 483 g/mol. The second-order valence-electron chi connectivity index (χ2n) is 7.31. The van der Waals surface area contributed by atoms with Crippen molar-refractivity contribution < 1.29 is 4.79 Å². The monoisotopic (exact) mass is 482 g/mol. The number of thioether (sulfide) groups is 1. The van der Waals surface area contributed by atoms with Crippen molar-refractivity contribution in [3.8, 4) is 17.1 Å². The molecule has 1 heterocycles. The molecule has 3 aromatic carbocycles. The third kappa shape index (κ3) is 5.15. The molecule has 0 bridgehead atoms.